The van der Waals surface area contributed by atoms with Gasteiger partial charge in [-0.3, -0.25) is 0 Å². The number of hydrogen-bond acceptors (Lipinski definition) is 4. The third-order valence-corrected chi connectivity index (χ3v) is 5.28. The van der Waals surface area contributed by atoms with Crippen LogP contribution in [0.25, 0.3) is 0 Å². The van der Waals surface area contributed by atoms with E-state index < -0.39 is 10.0 Å². The molecular weight excluding hydrogens is 271 g/mol. The molecule has 0 aliphatic carbocycles. The normalized spacial score (nSPS) is 11.5. The van der Waals surface area contributed by atoms with Crippen LogP contribution >= 0.6 is 9.39 Å². The summed E-state index contributed by atoms with van der Waals surface area (Å²) in [5.74, 6) is 0.877. The first kappa shape index (κ1) is 13.1. The maximum Gasteiger partial charge on any atom is 0.268 e. The van der Waals surface area contributed by atoms with Gasteiger partial charge >= 0.3 is 0 Å². The van der Waals surface area contributed by atoms with Crippen molar-refractivity contribution >= 4 is 25.2 Å². The van der Waals surface area contributed by atoms with Gasteiger partial charge in [-0.2, -0.15) is 0 Å². The van der Waals surface area contributed by atoms with E-state index in [2.05, 4.69) is 14.5 Å². The SMILES string of the molecule is Cc1onc(N(P)S(=O)(=O)c2ccccc2)c1C. The molecule has 0 aliphatic rings. The Bertz CT molecular complexity index is 652. The molecule has 2 aromatic rings. The van der Waals surface area contributed by atoms with Gasteiger partial charge in [0.15, 0.2) is 5.82 Å². The van der Waals surface area contributed by atoms with Gasteiger partial charge in [0.25, 0.3) is 10.0 Å². The highest BCUT2D eigenvalue weighted by Gasteiger charge is 2.25. The standard InChI is InChI=1S/C11H13N2O3PS/c1-8-9(2)16-12-11(8)13(17)18(14,15)10-6-4-3-5-7-10/h3-7H,17H2,1-2H3. The van der Waals surface area contributed by atoms with Crippen LogP contribution in [-0.2, 0) is 10.0 Å². The molecule has 0 radical (unpaired) electrons. The van der Waals surface area contributed by atoms with E-state index in [9.17, 15) is 8.42 Å². The van der Waals surface area contributed by atoms with Gasteiger partial charge < -0.3 is 4.52 Å². The first-order valence-corrected chi connectivity index (χ1v) is 7.18. The van der Waals surface area contributed by atoms with E-state index in [1.807, 2.05) is 0 Å². The molecule has 0 bridgehead atoms. The van der Waals surface area contributed by atoms with Crippen molar-refractivity contribution < 1.29 is 12.9 Å². The number of aryl methyl sites for hydroxylation is 1. The van der Waals surface area contributed by atoms with Crippen molar-refractivity contribution in [1.82, 2.24) is 5.16 Å². The maximum absolute atomic E-state index is 12.3. The fourth-order valence-corrected chi connectivity index (χ4v) is 3.16. The molecule has 0 amide bonds. The molecule has 0 N–H and O–H groups in total. The number of anilines is 1. The predicted octanol–water partition coefficient (Wildman–Crippen LogP) is 2.28. The lowest BCUT2D eigenvalue weighted by atomic mass is 10.3. The Kier molecular flexibility index (Phi) is 3.41. The average Bonchev–Trinajstić information content (AvgIpc) is 2.70. The van der Waals surface area contributed by atoms with Gasteiger partial charge in [-0.05, 0) is 35.4 Å². The van der Waals surface area contributed by atoms with E-state index in [-0.39, 0.29) is 10.7 Å². The lowest BCUT2D eigenvalue weighted by Gasteiger charge is -2.16. The van der Waals surface area contributed by atoms with E-state index in [1.54, 1.807) is 32.0 Å². The summed E-state index contributed by atoms with van der Waals surface area (Å²) < 4.78 is 30.7. The Balaban J connectivity index is 2.46. The fraction of sp³-hybridized carbons (Fsp3) is 0.182. The summed E-state index contributed by atoms with van der Waals surface area (Å²) in [4.78, 5) is 0.208. The second-order valence-electron chi connectivity index (χ2n) is 3.80. The van der Waals surface area contributed by atoms with Crippen LogP contribution in [0.3, 0.4) is 0 Å². The summed E-state index contributed by atoms with van der Waals surface area (Å²) in [6.45, 7) is 3.50. The van der Waals surface area contributed by atoms with Gasteiger partial charge in [0, 0.05) is 5.56 Å². The van der Waals surface area contributed by atoms with Crippen molar-refractivity contribution in [2.24, 2.45) is 0 Å². The lowest BCUT2D eigenvalue weighted by Crippen LogP contribution is -2.21. The van der Waals surface area contributed by atoms with E-state index in [4.69, 9.17) is 4.52 Å². The van der Waals surface area contributed by atoms with Crippen molar-refractivity contribution in [2.45, 2.75) is 18.7 Å². The number of aromatic nitrogens is 1. The van der Waals surface area contributed by atoms with Crippen molar-refractivity contribution in [3.05, 3.63) is 41.7 Å². The zero-order valence-electron chi connectivity index (χ0n) is 9.99. The minimum Gasteiger partial charge on any atom is -0.359 e. The molecule has 1 heterocycles. The number of benzene rings is 1. The summed E-state index contributed by atoms with van der Waals surface area (Å²) in [5, 5.41) is 3.76. The third kappa shape index (κ3) is 2.13. The molecule has 0 fully saturated rings. The molecule has 0 spiro atoms. The summed E-state index contributed by atoms with van der Waals surface area (Å²) in [5.41, 5.74) is 0.699. The molecule has 7 heteroatoms. The minimum atomic E-state index is -3.63. The Morgan fingerprint density at radius 3 is 2.33 bits per heavy atom. The number of nitrogens with zero attached hydrogens (tertiary/aromatic N) is 2. The molecule has 0 aliphatic heterocycles. The van der Waals surface area contributed by atoms with Gasteiger partial charge in [-0.15, -0.1) is 0 Å². The molecule has 0 saturated heterocycles. The van der Waals surface area contributed by atoms with E-state index in [0.717, 1.165) is 4.08 Å². The van der Waals surface area contributed by atoms with Crippen molar-refractivity contribution in [3.8, 4) is 0 Å². The summed E-state index contributed by atoms with van der Waals surface area (Å²) in [6, 6.07) is 8.18. The molecule has 96 valence electrons. The van der Waals surface area contributed by atoms with Crippen LogP contribution in [0.4, 0.5) is 5.82 Å². The molecule has 5 nitrogen and oxygen atoms in total. The van der Waals surface area contributed by atoms with Crippen LogP contribution < -0.4 is 4.08 Å². The molecule has 1 aromatic carbocycles. The monoisotopic (exact) mass is 284 g/mol. The average molecular weight is 284 g/mol. The summed E-state index contributed by atoms with van der Waals surface area (Å²) in [7, 11) is -1.47. The van der Waals surface area contributed by atoms with Gasteiger partial charge in [0.05, 0.1) is 4.90 Å². The first-order chi connectivity index (χ1) is 8.44. The van der Waals surface area contributed by atoms with Crippen LogP contribution in [0.5, 0.6) is 0 Å². The second-order valence-corrected chi connectivity index (χ2v) is 6.51. The van der Waals surface area contributed by atoms with Crippen molar-refractivity contribution in [1.29, 1.82) is 0 Å². The van der Waals surface area contributed by atoms with Gasteiger partial charge in [-0.1, -0.05) is 23.4 Å². The van der Waals surface area contributed by atoms with Crippen LogP contribution in [0.1, 0.15) is 11.3 Å². The minimum absolute atomic E-state index is 0.208. The Morgan fingerprint density at radius 2 is 1.83 bits per heavy atom. The van der Waals surface area contributed by atoms with Crippen molar-refractivity contribution in [2.75, 3.05) is 4.08 Å². The van der Waals surface area contributed by atoms with E-state index >= 15 is 0 Å². The molecule has 1 aromatic heterocycles. The molecule has 0 saturated carbocycles. The highest BCUT2D eigenvalue weighted by Crippen LogP contribution is 2.29. The van der Waals surface area contributed by atoms with Crippen LogP contribution in [0.15, 0.2) is 39.8 Å². The predicted molar refractivity (Wildman–Crippen MR) is 71.8 cm³/mol. The Hall–Kier alpha value is -1.39. The summed E-state index contributed by atoms with van der Waals surface area (Å²) in [6.07, 6.45) is 0. The van der Waals surface area contributed by atoms with Gasteiger partial charge in [0.2, 0.25) is 0 Å². The third-order valence-electron chi connectivity index (χ3n) is 2.64. The molecule has 18 heavy (non-hydrogen) atoms. The Labute approximate surface area is 108 Å². The van der Waals surface area contributed by atoms with Crippen LogP contribution in [0.2, 0.25) is 0 Å². The summed E-state index contributed by atoms with van der Waals surface area (Å²) >= 11 is 0. The maximum atomic E-state index is 12.3. The number of sulfonamides is 1. The fourth-order valence-electron chi connectivity index (χ4n) is 1.43. The van der Waals surface area contributed by atoms with Crippen molar-refractivity contribution in [3.63, 3.8) is 0 Å². The van der Waals surface area contributed by atoms with Crippen LogP contribution in [-0.4, -0.2) is 13.6 Å². The zero-order valence-corrected chi connectivity index (χ0v) is 12.0. The molecular formula is C11H13N2O3PS. The Morgan fingerprint density at radius 1 is 1.22 bits per heavy atom. The second kappa shape index (κ2) is 4.71. The van der Waals surface area contributed by atoms with Gasteiger partial charge in [0.1, 0.15) is 5.76 Å². The van der Waals surface area contributed by atoms with E-state index in [1.165, 1.54) is 12.1 Å². The topological polar surface area (TPSA) is 63.4 Å². The number of rotatable bonds is 3. The molecule has 2 rings (SSSR count). The lowest BCUT2D eigenvalue weighted by molar-refractivity contribution is 0.398. The molecule has 1 atom stereocenters. The first-order valence-electron chi connectivity index (χ1n) is 5.22. The highest BCUT2D eigenvalue weighted by atomic mass is 32.2. The quantitative estimate of drug-likeness (QED) is 0.811. The van der Waals surface area contributed by atoms with Gasteiger partial charge in [-0.25, -0.2) is 12.5 Å². The highest BCUT2D eigenvalue weighted by molar-refractivity contribution is 7.96. The largest absolute Gasteiger partial charge is 0.359 e. The van der Waals surface area contributed by atoms with Crippen LogP contribution in [0, 0.1) is 13.8 Å². The molecule has 1 unspecified atom stereocenters. The smallest absolute Gasteiger partial charge is 0.268 e. The number of hydrogen-bond donors (Lipinski definition) is 0. The zero-order chi connectivity index (χ0) is 13.3. The van der Waals surface area contributed by atoms with E-state index in [0.29, 0.717) is 11.3 Å².